The van der Waals surface area contributed by atoms with Crippen LogP contribution in [0.2, 0.25) is 0 Å². The highest BCUT2D eigenvalue weighted by molar-refractivity contribution is 5.85. The number of halogens is 1. The van der Waals surface area contributed by atoms with Crippen LogP contribution < -0.4 is 5.56 Å². The van der Waals surface area contributed by atoms with E-state index in [-0.39, 0.29) is 23.7 Å². The molecule has 4 rings (SSSR count). The van der Waals surface area contributed by atoms with E-state index < -0.39 is 0 Å². The molecule has 6 heteroatoms. The van der Waals surface area contributed by atoms with Gasteiger partial charge in [0.2, 0.25) is 0 Å². The summed E-state index contributed by atoms with van der Waals surface area (Å²) in [5, 5.41) is 10.3. The fourth-order valence-electron chi connectivity index (χ4n) is 2.69. The number of aromatic hydroxyl groups is 1. The maximum atomic E-state index is 13.1. The molecule has 0 bridgehead atoms. The second-order valence-corrected chi connectivity index (χ2v) is 5.35. The fraction of sp³-hybridized carbons (Fsp3) is 0. The van der Waals surface area contributed by atoms with Gasteiger partial charge in [0, 0.05) is 24.0 Å². The fourth-order valence-corrected chi connectivity index (χ4v) is 2.69. The first kappa shape index (κ1) is 16.7. The lowest BCUT2D eigenvalue weighted by molar-refractivity contribution is 0.475. The van der Waals surface area contributed by atoms with Gasteiger partial charge in [-0.2, -0.15) is 0 Å². The number of aromatic nitrogens is 3. The second kappa shape index (κ2) is 6.75. The number of rotatable bonds is 2. The van der Waals surface area contributed by atoms with Crippen LogP contribution in [0.4, 0.5) is 0 Å². The third kappa shape index (κ3) is 2.97. The van der Waals surface area contributed by atoms with Crippen LogP contribution in [0.5, 0.6) is 5.75 Å². The highest BCUT2D eigenvalue weighted by Crippen LogP contribution is 2.23. The zero-order valence-electron chi connectivity index (χ0n) is 13.0. The van der Waals surface area contributed by atoms with Crippen molar-refractivity contribution in [1.29, 1.82) is 0 Å². The third-order valence-corrected chi connectivity index (χ3v) is 3.78. The molecule has 0 radical (unpaired) electrons. The Hall–Kier alpha value is -3.18. The summed E-state index contributed by atoms with van der Waals surface area (Å²) >= 11 is 0. The van der Waals surface area contributed by atoms with Crippen LogP contribution in [0.15, 0.2) is 77.9 Å². The number of benzene rings is 2. The lowest BCUT2D eigenvalue weighted by Crippen LogP contribution is -2.21. The SMILES string of the molecule is Cl.O=c1c2ccccc2nc(-c2cccnc2)n1-c1cccc(O)c1. The molecular formula is C19H14ClN3O2. The first-order valence-electron chi connectivity index (χ1n) is 7.45. The molecule has 0 unspecified atom stereocenters. The molecule has 0 aliphatic carbocycles. The minimum atomic E-state index is -0.190. The zero-order valence-corrected chi connectivity index (χ0v) is 13.9. The van der Waals surface area contributed by atoms with Crippen molar-refractivity contribution in [2.24, 2.45) is 0 Å². The van der Waals surface area contributed by atoms with Gasteiger partial charge in [0.1, 0.15) is 11.6 Å². The quantitative estimate of drug-likeness (QED) is 0.599. The number of phenols is 1. The Bertz CT molecular complexity index is 1090. The summed E-state index contributed by atoms with van der Waals surface area (Å²) in [5.74, 6) is 0.571. The van der Waals surface area contributed by atoms with E-state index in [2.05, 4.69) is 9.97 Å². The molecule has 5 nitrogen and oxygen atoms in total. The number of nitrogens with zero attached hydrogens (tertiary/aromatic N) is 3. The lowest BCUT2D eigenvalue weighted by atomic mass is 10.2. The molecule has 4 aromatic rings. The predicted molar refractivity (Wildman–Crippen MR) is 99.5 cm³/mol. The Labute approximate surface area is 149 Å². The van der Waals surface area contributed by atoms with Crippen LogP contribution in [0.25, 0.3) is 28.0 Å². The number of pyridine rings is 1. The van der Waals surface area contributed by atoms with E-state index >= 15 is 0 Å². The maximum absolute atomic E-state index is 13.1. The van der Waals surface area contributed by atoms with Crippen molar-refractivity contribution < 1.29 is 5.11 Å². The summed E-state index contributed by atoms with van der Waals surface area (Å²) in [6.45, 7) is 0. The van der Waals surface area contributed by atoms with Crippen LogP contribution in [-0.4, -0.2) is 19.6 Å². The second-order valence-electron chi connectivity index (χ2n) is 5.35. The molecule has 25 heavy (non-hydrogen) atoms. The molecular weight excluding hydrogens is 338 g/mol. The number of phenolic OH excluding ortho intramolecular Hbond substituents is 1. The van der Waals surface area contributed by atoms with Crippen molar-refractivity contribution in [2.45, 2.75) is 0 Å². The lowest BCUT2D eigenvalue weighted by Gasteiger charge is -2.13. The van der Waals surface area contributed by atoms with E-state index in [4.69, 9.17) is 0 Å². The molecule has 0 amide bonds. The Morgan fingerprint density at radius 1 is 0.960 bits per heavy atom. The standard InChI is InChI=1S/C19H13N3O2.ClH/c23-15-7-3-6-14(11-15)22-18(13-5-4-10-20-12-13)21-17-9-2-1-8-16(17)19(22)24;/h1-12,23H;1H. The van der Waals surface area contributed by atoms with Crippen molar-refractivity contribution in [3.63, 3.8) is 0 Å². The van der Waals surface area contributed by atoms with E-state index in [0.29, 0.717) is 22.4 Å². The van der Waals surface area contributed by atoms with Gasteiger partial charge in [-0.05, 0) is 36.4 Å². The van der Waals surface area contributed by atoms with E-state index in [9.17, 15) is 9.90 Å². The van der Waals surface area contributed by atoms with Gasteiger partial charge < -0.3 is 5.11 Å². The van der Waals surface area contributed by atoms with Crippen LogP contribution in [-0.2, 0) is 0 Å². The topological polar surface area (TPSA) is 68.0 Å². The highest BCUT2D eigenvalue weighted by atomic mass is 35.5. The monoisotopic (exact) mass is 351 g/mol. The van der Waals surface area contributed by atoms with Crippen molar-refractivity contribution >= 4 is 23.3 Å². The van der Waals surface area contributed by atoms with Crippen molar-refractivity contribution in [3.05, 3.63) is 83.4 Å². The summed E-state index contributed by atoms with van der Waals surface area (Å²) < 4.78 is 1.50. The Kier molecular flexibility index (Phi) is 4.50. The van der Waals surface area contributed by atoms with E-state index in [0.717, 1.165) is 5.56 Å². The molecule has 0 aliphatic heterocycles. The molecule has 2 heterocycles. The zero-order chi connectivity index (χ0) is 16.5. The molecule has 0 spiro atoms. The summed E-state index contributed by atoms with van der Waals surface area (Å²) in [6.07, 6.45) is 3.33. The van der Waals surface area contributed by atoms with E-state index in [1.54, 1.807) is 42.7 Å². The molecule has 2 aromatic carbocycles. The van der Waals surface area contributed by atoms with Gasteiger partial charge in [0.05, 0.1) is 16.6 Å². The number of hydrogen-bond acceptors (Lipinski definition) is 4. The normalized spacial score (nSPS) is 10.4. The molecule has 0 atom stereocenters. The maximum Gasteiger partial charge on any atom is 0.266 e. The van der Waals surface area contributed by atoms with Crippen molar-refractivity contribution in [1.82, 2.24) is 14.5 Å². The Morgan fingerprint density at radius 2 is 1.80 bits per heavy atom. The van der Waals surface area contributed by atoms with Crippen LogP contribution in [0, 0.1) is 0 Å². The average Bonchev–Trinajstić information content (AvgIpc) is 2.62. The number of para-hydroxylation sites is 1. The summed E-state index contributed by atoms with van der Waals surface area (Å²) in [7, 11) is 0. The minimum Gasteiger partial charge on any atom is -0.508 e. The molecule has 0 aliphatic rings. The Balaban J connectivity index is 0.00000182. The van der Waals surface area contributed by atoms with Crippen molar-refractivity contribution in [3.8, 4) is 22.8 Å². The third-order valence-electron chi connectivity index (χ3n) is 3.78. The number of fused-ring (bicyclic) bond motifs is 1. The first-order chi connectivity index (χ1) is 11.7. The molecule has 1 N–H and O–H groups in total. The minimum absolute atomic E-state index is 0. The Morgan fingerprint density at radius 3 is 2.56 bits per heavy atom. The average molecular weight is 352 g/mol. The van der Waals surface area contributed by atoms with Gasteiger partial charge in [-0.3, -0.25) is 14.3 Å². The van der Waals surface area contributed by atoms with Gasteiger partial charge in [0.25, 0.3) is 5.56 Å². The van der Waals surface area contributed by atoms with Gasteiger partial charge in [-0.1, -0.05) is 18.2 Å². The van der Waals surface area contributed by atoms with Gasteiger partial charge in [0.15, 0.2) is 0 Å². The van der Waals surface area contributed by atoms with Gasteiger partial charge >= 0.3 is 0 Å². The van der Waals surface area contributed by atoms with Crippen LogP contribution in [0.1, 0.15) is 0 Å². The predicted octanol–water partition coefficient (Wildman–Crippen LogP) is 3.58. The smallest absolute Gasteiger partial charge is 0.266 e. The molecule has 0 saturated heterocycles. The van der Waals surface area contributed by atoms with E-state index in [1.165, 1.54) is 10.6 Å². The summed E-state index contributed by atoms with van der Waals surface area (Å²) in [6, 6.07) is 17.4. The van der Waals surface area contributed by atoms with Gasteiger partial charge in [-0.25, -0.2) is 4.98 Å². The largest absolute Gasteiger partial charge is 0.508 e. The molecule has 0 fully saturated rings. The van der Waals surface area contributed by atoms with Gasteiger partial charge in [-0.15, -0.1) is 12.4 Å². The highest BCUT2D eigenvalue weighted by Gasteiger charge is 2.14. The van der Waals surface area contributed by atoms with Crippen LogP contribution >= 0.6 is 12.4 Å². The summed E-state index contributed by atoms with van der Waals surface area (Å²) in [5.41, 5.74) is 1.71. The molecule has 124 valence electrons. The van der Waals surface area contributed by atoms with Crippen molar-refractivity contribution in [2.75, 3.05) is 0 Å². The molecule has 2 aromatic heterocycles. The number of hydrogen-bond donors (Lipinski definition) is 1. The first-order valence-corrected chi connectivity index (χ1v) is 7.45. The van der Waals surface area contributed by atoms with Crippen LogP contribution in [0.3, 0.4) is 0 Å². The summed E-state index contributed by atoms with van der Waals surface area (Å²) in [4.78, 5) is 21.8. The van der Waals surface area contributed by atoms with E-state index in [1.807, 2.05) is 24.3 Å². The molecule has 0 saturated carbocycles.